The predicted molar refractivity (Wildman–Crippen MR) is 123 cm³/mol. The fraction of sp³-hybridized carbons (Fsp3) is 0.333. The number of amides is 1. The molecule has 0 saturated heterocycles. The smallest absolute Gasteiger partial charge is 0.295 e. The number of aromatic nitrogens is 1. The topological polar surface area (TPSA) is 49.6 Å². The highest BCUT2D eigenvalue weighted by atomic mass is 35.5. The number of nitrogens with zero attached hydrogens (tertiary/aromatic N) is 3. The first kappa shape index (κ1) is 23.4. The second kappa shape index (κ2) is 11.4. The minimum absolute atomic E-state index is 0. The zero-order valence-electron chi connectivity index (χ0n) is 16.5. The normalized spacial score (nSPS) is 10.8. The molecule has 3 rings (SSSR count). The lowest BCUT2D eigenvalue weighted by molar-refractivity contribution is 0.0959. The summed E-state index contributed by atoms with van der Waals surface area (Å²) in [5, 5.41) is 3.32. The van der Waals surface area contributed by atoms with Crippen molar-refractivity contribution < 1.29 is 9.21 Å². The standard InChI is InChI=1S/C21H24ClN3O2S.ClH/c1-3-24(4-2)12-6-13-25(20(26)19-7-5-14-27-19)21-23-18(15-28-21)16-8-10-17(22)11-9-16;/h5,7-11,14-15H,3-4,6,12-13H2,1-2H3;1H. The number of furan rings is 1. The van der Waals surface area contributed by atoms with Crippen molar-refractivity contribution in [3.63, 3.8) is 0 Å². The molecule has 0 saturated carbocycles. The van der Waals surface area contributed by atoms with Crippen LogP contribution in [-0.2, 0) is 0 Å². The number of hydrogen-bond acceptors (Lipinski definition) is 5. The van der Waals surface area contributed by atoms with Crippen LogP contribution < -0.4 is 4.90 Å². The summed E-state index contributed by atoms with van der Waals surface area (Å²) in [5.74, 6) is 0.160. The number of rotatable bonds is 9. The van der Waals surface area contributed by atoms with Gasteiger partial charge < -0.3 is 9.32 Å². The van der Waals surface area contributed by atoms with Crippen LogP contribution in [-0.4, -0.2) is 42.0 Å². The van der Waals surface area contributed by atoms with Gasteiger partial charge in [0.1, 0.15) is 0 Å². The lowest BCUT2D eigenvalue weighted by Gasteiger charge is -2.22. The van der Waals surface area contributed by atoms with Gasteiger partial charge in [0.25, 0.3) is 5.91 Å². The van der Waals surface area contributed by atoms with E-state index in [0.29, 0.717) is 22.5 Å². The van der Waals surface area contributed by atoms with Crippen LogP contribution in [0.1, 0.15) is 30.8 Å². The van der Waals surface area contributed by atoms with Crippen molar-refractivity contribution in [3.05, 3.63) is 58.8 Å². The van der Waals surface area contributed by atoms with Crippen molar-refractivity contribution in [1.82, 2.24) is 9.88 Å². The van der Waals surface area contributed by atoms with E-state index in [1.165, 1.54) is 17.6 Å². The van der Waals surface area contributed by atoms with Gasteiger partial charge in [0.2, 0.25) is 0 Å². The monoisotopic (exact) mass is 453 g/mol. The van der Waals surface area contributed by atoms with E-state index in [1.54, 1.807) is 17.0 Å². The summed E-state index contributed by atoms with van der Waals surface area (Å²) in [7, 11) is 0. The van der Waals surface area contributed by atoms with Crippen LogP contribution >= 0.6 is 35.3 Å². The average Bonchev–Trinajstić information content (AvgIpc) is 3.41. The van der Waals surface area contributed by atoms with E-state index in [-0.39, 0.29) is 18.3 Å². The van der Waals surface area contributed by atoms with Crippen LogP contribution in [0.25, 0.3) is 11.3 Å². The summed E-state index contributed by atoms with van der Waals surface area (Å²) in [4.78, 5) is 21.7. The Balaban J connectivity index is 0.00000300. The molecule has 0 atom stereocenters. The van der Waals surface area contributed by atoms with Gasteiger partial charge in [-0.15, -0.1) is 23.7 Å². The molecule has 0 aliphatic carbocycles. The highest BCUT2D eigenvalue weighted by Crippen LogP contribution is 2.29. The molecule has 0 N–H and O–H groups in total. The molecular formula is C21H25Cl2N3O2S. The Morgan fingerprint density at radius 2 is 1.86 bits per heavy atom. The number of carbonyl (C=O) groups excluding carboxylic acids is 1. The lowest BCUT2D eigenvalue weighted by atomic mass is 10.2. The molecule has 1 amide bonds. The Morgan fingerprint density at radius 1 is 1.14 bits per heavy atom. The molecule has 29 heavy (non-hydrogen) atoms. The van der Waals surface area contributed by atoms with Crippen molar-refractivity contribution in [1.29, 1.82) is 0 Å². The molecule has 5 nitrogen and oxygen atoms in total. The third kappa shape index (κ3) is 6.06. The van der Waals surface area contributed by atoms with Gasteiger partial charge in [0, 0.05) is 22.5 Å². The van der Waals surface area contributed by atoms with Gasteiger partial charge >= 0.3 is 0 Å². The zero-order valence-corrected chi connectivity index (χ0v) is 18.9. The Bertz CT molecular complexity index is 878. The number of anilines is 1. The van der Waals surface area contributed by atoms with Crippen molar-refractivity contribution in [3.8, 4) is 11.3 Å². The molecule has 3 aromatic rings. The minimum atomic E-state index is -0.165. The van der Waals surface area contributed by atoms with Crippen molar-refractivity contribution in [2.75, 3.05) is 31.1 Å². The Labute approximate surface area is 186 Å². The highest BCUT2D eigenvalue weighted by molar-refractivity contribution is 7.14. The zero-order chi connectivity index (χ0) is 19.9. The maximum atomic E-state index is 13.0. The average molecular weight is 454 g/mol. The first-order chi connectivity index (χ1) is 13.6. The molecule has 2 aromatic heterocycles. The quantitative estimate of drug-likeness (QED) is 0.407. The number of carbonyl (C=O) groups is 1. The molecule has 0 spiro atoms. The van der Waals surface area contributed by atoms with Crippen LogP contribution in [0, 0.1) is 0 Å². The molecule has 1 aromatic carbocycles. The maximum Gasteiger partial charge on any atom is 0.295 e. The molecule has 2 heterocycles. The second-order valence-electron chi connectivity index (χ2n) is 6.34. The van der Waals surface area contributed by atoms with E-state index < -0.39 is 0 Å². The maximum absolute atomic E-state index is 13.0. The van der Waals surface area contributed by atoms with Crippen LogP contribution in [0.2, 0.25) is 5.02 Å². The molecule has 8 heteroatoms. The van der Waals surface area contributed by atoms with Crippen LogP contribution in [0.15, 0.2) is 52.5 Å². The predicted octanol–water partition coefficient (Wildman–Crippen LogP) is 5.86. The summed E-state index contributed by atoms with van der Waals surface area (Å²) in [6.45, 7) is 7.82. The SMILES string of the molecule is CCN(CC)CCCN(C(=O)c1ccco1)c1nc(-c2ccc(Cl)cc2)cs1.Cl. The number of thiazole rings is 1. The Hall–Kier alpha value is -1.86. The second-order valence-corrected chi connectivity index (χ2v) is 7.61. The number of halogens is 2. The van der Waals surface area contributed by atoms with Gasteiger partial charge in [-0.05, 0) is 50.3 Å². The summed E-state index contributed by atoms with van der Waals surface area (Å²) >= 11 is 7.43. The van der Waals surface area contributed by atoms with Gasteiger partial charge in [0.05, 0.1) is 12.0 Å². The van der Waals surface area contributed by atoms with Gasteiger partial charge in [-0.3, -0.25) is 9.69 Å². The largest absolute Gasteiger partial charge is 0.459 e. The van der Waals surface area contributed by atoms with Gasteiger partial charge in [-0.2, -0.15) is 0 Å². The first-order valence-corrected chi connectivity index (χ1v) is 10.7. The van der Waals surface area contributed by atoms with E-state index in [2.05, 4.69) is 18.7 Å². The minimum Gasteiger partial charge on any atom is -0.459 e. The Kier molecular flexibility index (Phi) is 9.17. The van der Waals surface area contributed by atoms with Gasteiger partial charge in [-0.1, -0.05) is 37.6 Å². The number of hydrogen-bond donors (Lipinski definition) is 0. The fourth-order valence-corrected chi connectivity index (χ4v) is 3.94. The molecule has 0 fully saturated rings. The van der Waals surface area contributed by atoms with Crippen molar-refractivity contribution in [2.24, 2.45) is 0 Å². The van der Waals surface area contributed by atoms with Gasteiger partial charge in [-0.25, -0.2) is 4.98 Å². The summed E-state index contributed by atoms with van der Waals surface area (Å²) in [5.41, 5.74) is 1.80. The van der Waals surface area contributed by atoms with E-state index in [1.807, 2.05) is 29.6 Å². The van der Waals surface area contributed by atoms with Crippen LogP contribution in [0.4, 0.5) is 5.13 Å². The first-order valence-electron chi connectivity index (χ1n) is 9.41. The van der Waals surface area contributed by atoms with Crippen molar-refractivity contribution >= 4 is 46.4 Å². The molecule has 0 aliphatic rings. The highest BCUT2D eigenvalue weighted by Gasteiger charge is 2.23. The molecule has 0 unspecified atom stereocenters. The van der Waals surface area contributed by atoms with Crippen molar-refractivity contribution in [2.45, 2.75) is 20.3 Å². The van der Waals surface area contributed by atoms with Crippen LogP contribution in [0.3, 0.4) is 0 Å². The van der Waals surface area contributed by atoms with Crippen LogP contribution in [0.5, 0.6) is 0 Å². The van der Waals surface area contributed by atoms with E-state index in [4.69, 9.17) is 21.0 Å². The lowest BCUT2D eigenvalue weighted by Crippen LogP contribution is -2.34. The van der Waals surface area contributed by atoms with Gasteiger partial charge in [0.15, 0.2) is 10.9 Å². The summed E-state index contributed by atoms with van der Waals surface area (Å²) in [6, 6.07) is 11.0. The molecule has 0 aliphatic heterocycles. The van der Waals surface area contributed by atoms with E-state index >= 15 is 0 Å². The third-order valence-electron chi connectivity index (χ3n) is 4.59. The third-order valence-corrected chi connectivity index (χ3v) is 5.71. The molecular weight excluding hydrogens is 429 g/mol. The summed E-state index contributed by atoms with van der Waals surface area (Å²) < 4.78 is 5.33. The molecule has 0 radical (unpaired) electrons. The van der Waals surface area contributed by atoms with E-state index in [9.17, 15) is 4.79 Å². The fourth-order valence-electron chi connectivity index (χ4n) is 2.95. The summed E-state index contributed by atoms with van der Waals surface area (Å²) in [6.07, 6.45) is 2.38. The molecule has 0 bridgehead atoms. The van der Waals surface area contributed by atoms with E-state index in [0.717, 1.165) is 37.3 Å². The molecule has 156 valence electrons. The Morgan fingerprint density at radius 3 is 2.48 bits per heavy atom. The number of benzene rings is 1.